The minimum absolute atomic E-state index is 0.0344. The summed E-state index contributed by atoms with van der Waals surface area (Å²) in [6.45, 7) is 6.40. The van der Waals surface area contributed by atoms with Crippen molar-refractivity contribution in [3.05, 3.63) is 48.0 Å². The molecule has 1 aromatic carbocycles. The Morgan fingerprint density at radius 1 is 1.25 bits per heavy atom. The van der Waals surface area contributed by atoms with Gasteiger partial charge in [0.15, 0.2) is 0 Å². The van der Waals surface area contributed by atoms with Crippen molar-refractivity contribution < 1.29 is 9.90 Å². The van der Waals surface area contributed by atoms with Crippen molar-refractivity contribution in [1.29, 1.82) is 0 Å². The number of aryl methyl sites for hydroxylation is 1. The van der Waals surface area contributed by atoms with Gasteiger partial charge in [-0.2, -0.15) is 0 Å². The number of carboxylic acid groups (broad SMARTS) is 1. The van der Waals surface area contributed by atoms with Gasteiger partial charge in [-0.15, -0.1) is 0 Å². The molecule has 0 unspecified atom stereocenters. The second-order valence-electron chi connectivity index (χ2n) is 5.98. The minimum atomic E-state index is -0.765. The van der Waals surface area contributed by atoms with E-state index in [-0.39, 0.29) is 11.8 Å². The van der Waals surface area contributed by atoms with Gasteiger partial charge in [-0.1, -0.05) is 32.9 Å². The summed E-state index contributed by atoms with van der Waals surface area (Å²) in [5.74, 6) is -0.765. The third-order valence-corrected chi connectivity index (χ3v) is 3.21. The molecule has 0 aliphatic rings. The first kappa shape index (κ1) is 14.3. The first-order valence-corrected chi connectivity index (χ1v) is 6.72. The number of nitrogens with zero attached hydrogens (tertiary/aromatic N) is 2. The van der Waals surface area contributed by atoms with Crippen molar-refractivity contribution in [1.82, 2.24) is 9.55 Å². The Morgan fingerprint density at radius 2 is 1.90 bits per heavy atom. The van der Waals surface area contributed by atoms with Crippen molar-refractivity contribution in [3.8, 4) is 5.69 Å². The monoisotopic (exact) mass is 272 g/mol. The van der Waals surface area contributed by atoms with Gasteiger partial charge in [-0.3, -0.25) is 4.79 Å². The molecule has 0 amide bonds. The highest BCUT2D eigenvalue weighted by molar-refractivity contribution is 5.67. The third-order valence-electron chi connectivity index (χ3n) is 3.21. The smallest absolute Gasteiger partial charge is 0.303 e. The van der Waals surface area contributed by atoms with E-state index in [9.17, 15) is 4.79 Å². The molecule has 1 N–H and O–H groups in total. The molecule has 0 saturated carbocycles. The van der Waals surface area contributed by atoms with Crippen LogP contribution in [0.5, 0.6) is 0 Å². The highest BCUT2D eigenvalue weighted by atomic mass is 16.4. The van der Waals surface area contributed by atoms with Crippen LogP contribution in [0.15, 0.2) is 36.8 Å². The predicted octanol–water partition coefficient (Wildman–Crippen LogP) is 3.19. The van der Waals surface area contributed by atoms with E-state index in [2.05, 4.69) is 25.8 Å². The Hall–Kier alpha value is -2.10. The van der Waals surface area contributed by atoms with Crippen LogP contribution in [0.25, 0.3) is 5.69 Å². The summed E-state index contributed by atoms with van der Waals surface area (Å²) >= 11 is 0. The molecule has 0 fully saturated rings. The summed E-state index contributed by atoms with van der Waals surface area (Å²) < 4.78 is 1.99. The van der Waals surface area contributed by atoms with Gasteiger partial charge in [0.2, 0.25) is 0 Å². The lowest BCUT2D eigenvalue weighted by Crippen LogP contribution is -2.11. The normalized spacial score (nSPS) is 11.6. The van der Waals surface area contributed by atoms with Gasteiger partial charge in [0.25, 0.3) is 0 Å². The van der Waals surface area contributed by atoms with Gasteiger partial charge in [0, 0.05) is 23.7 Å². The number of carboxylic acids is 1. The third kappa shape index (κ3) is 3.47. The SMILES string of the molecule is CC(C)(C)c1cn(-c2ccc(CCC(=O)O)cc2)cn1. The van der Waals surface area contributed by atoms with Crippen LogP contribution < -0.4 is 0 Å². The van der Waals surface area contributed by atoms with Crippen molar-refractivity contribution in [2.45, 2.75) is 39.0 Å². The second-order valence-corrected chi connectivity index (χ2v) is 5.98. The van der Waals surface area contributed by atoms with Crippen molar-refractivity contribution in [2.24, 2.45) is 0 Å². The van der Waals surface area contributed by atoms with Crippen LogP contribution in [0.1, 0.15) is 38.4 Å². The van der Waals surface area contributed by atoms with Crippen LogP contribution in [0, 0.1) is 0 Å². The molecule has 2 aromatic rings. The molecule has 1 aromatic heterocycles. The first-order valence-electron chi connectivity index (χ1n) is 6.72. The molecule has 4 nitrogen and oxygen atoms in total. The van der Waals surface area contributed by atoms with Gasteiger partial charge < -0.3 is 9.67 Å². The highest BCUT2D eigenvalue weighted by Crippen LogP contribution is 2.21. The molecule has 106 valence electrons. The molecular formula is C16H20N2O2. The molecule has 0 atom stereocenters. The molecule has 20 heavy (non-hydrogen) atoms. The highest BCUT2D eigenvalue weighted by Gasteiger charge is 2.16. The van der Waals surface area contributed by atoms with Gasteiger partial charge in [-0.05, 0) is 24.1 Å². The summed E-state index contributed by atoms with van der Waals surface area (Å²) in [6.07, 6.45) is 4.57. The largest absolute Gasteiger partial charge is 0.481 e. The van der Waals surface area contributed by atoms with Crippen LogP contribution in [0.2, 0.25) is 0 Å². The van der Waals surface area contributed by atoms with Crippen LogP contribution in [0.4, 0.5) is 0 Å². The summed E-state index contributed by atoms with van der Waals surface area (Å²) in [5.41, 5.74) is 3.15. The number of aromatic nitrogens is 2. The summed E-state index contributed by atoms with van der Waals surface area (Å²) in [5, 5.41) is 8.67. The molecule has 0 radical (unpaired) electrons. The molecule has 0 saturated heterocycles. The summed E-state index contributed by atoms with van der Waals surface area (Å²) in [4.78, 5) is 15.0. The molecular weight excluding hydrogens is 252 g/mol. The minimum Gasteiger partial charge on any atom is -0.481 e. The number of benzene rings is 1. The van der Waals surface area contributed by atoms with Crippen molar-refractivity contribution in [3.63, 3.8) is 0 Å². The maximum Gasteiger partial charge on any atom is 0.303 e. The molecule has 0 bridgehead atoms. The zero-order valence-electron chi connectivity index (χ0n) is 12.1. The number of rotatable bonds is 4. The topological polar surface area (TPSA) is 55.1 Å². The molecule has 0 aliphatic heterocycles. The Balaban J connectivity index is 2.14. The van der Waals surface area contributed by atoms with E-state index in [4.69, 9.17) is 5.11 Å². The van der Waals surface area contributed by atoms with Crippen molar-refractivity contribution >= 4 is 5.97 Å². The zero-order chi connectivity index (χ0) is 14.8. The van der Waals surface area contributed by atoms with Gasteiger partial charge in [0.1, 0.15) is 0 Å². The maximum atomic E-state index is 10.5. The van der Waals surface area contributed by atoms with Crippen molar-refractivity contribution in [2.75, 3.05) is 0 Å². The predicted molar refractivity (Wildman–Crippen MR) is 78.2 cm³/mol. The Bertz CT molecular complexity index is 592. The lowest BCUT2D eigenvalue weighted by atomic mass is 9.93. The summed E-state index contributed by atoms with van der Waals surface area (Å²) in [7, 11) is 0. The zero-order valence-corrected chi connectivity index (χ0v) is 12.1. The number of imidazole rings is 1. The quantitative estimate of drug-likeness (QED) is 0.930. The van der Waals surface area contributed by atoms with E-state index in [0.29, 0.717) is 6.42 Å². The summed E-state index contributed by atoms with van der Waals surface area (Å²) in [6, 6.07) is 7.92. The number of hydrogen-bond acceptors (Lipinski definition) is 2. The molecule has 0 spiro atoms. The van der Waals surface area contributed by atoms with Crippen LogP contribution in [-0.4, -0.2) is 20.6 Å². The van der Waals surface area contributed by atoms with E-state index in [1.54, 1.807) is 0 Å². The molecule has 4 heteroatoms. The fraction of sp³-hybridized carbons (Fsp3) is 0.375. The molecule has 0 aliphatic carbocycles. The van der Waals surface area contributed by atoms with Crippen LogP contribution in [0.3, 0.4) is 0 Å². The van der Waals surface area contributed by atoms with E-state index < -0.39 is 5.97 Å². The number of hydrogen-bond donors (Lipinski definition) is 1. The van der Waals surface area contributed by atoms with Gasteiger partial charge >= 0.3 is 5.97 Å². The standard InChI is InChI=1S/C16H20N2O2/c1-16(2,3)14-10-18(11-17-14)13-7-4-12(5-8-13)6-9-15(19)20/h4-5,7-8,10-11H,6,9H2,1-3H3,(H,19,20). The van der Waals surface area contributed by atoms with E-state index in [1.165, 1.54) is 0 Å². The van der Waals surface area contributed by atoms with Crippen LogP contribution in [-0.2, 0) is 16.6 Å². The maximum absolute atomic E-state index is 10.5. The Labute approximate surface area is 119 Å². The molecule has 1 heterocycles. The van der Waals surface area contributed by atoms with Crippen LogP contribution >= 0.6 is 0 Å². The second kappa shape index (κ2) is 5.49. The average Bonchev–Trinajstić information content (AvgIpc) is 2.86. The Kier molecular flexibility index (Phi) is 3.93. The fourth-order valence-electron chi connectivity index (χ4n) is 1.94. The number of aliphatic carboxylic acids is 1. The first-order chi connectivity index (χ1) is 9.36. The number of carbonyl (C=O) groups is 1. The van der Waals surface area contributed by atoms with Gasteiger partial charge in [-0.25, -0.2) is 4.98 Å². The van der Waals surface area contributed by atoms with Gasteiger partial charge in [0.05, 0.1) is 12.0 Å². The van der Waals surface area contributed by atoms with E-state index >= 15 is 0 Å². The lowest BCUT2D eigenvalue weighted by molar-refractivity contribution is -0.136. The Morgan fingerprint density at radius 3 is 2.40 bits per heavy atom. The fourth-order valence-corrected chi connectivity index (χ4v) is 1.94. The van der Waals surface area contributed by atoms with E-state index in [0.717, 1.165) is 16.9 Å². The van der Waals surface area contributed by atoms with E-state index in [1.807, 2.05) is 41.4 Å². The lowest BCUT2D eigenvalue weighted by Gasteiger charge is -2.14. The average molecular weight is 272 g/mol. The molecule has 2 rings (SSSR count).